The first kappa shape index (κ1) is 15.0. The molecule has 2 aromatic carbocycles. The Balaban J connectivity index is 1.70. The van der Waals surface area contributed by atoms with Gasteiger partial charge in [0, 0.05) is 0 Å². The Morgan fingerprint density at radius 2 is 1.48 bits per heavy atom. The van der Waals surface area contributed by atoms with Crippen molar-refractivity contribution in [3.05, 3.63) is 71.3 Å². The molecule has 1 aliphatic rings. The van der Waals surface area contributed by atoms with Crippen molar-refractivity contribution in [3.8, 4) is 0 Å². The summed E-state index contributed by atoms with van der Waals surface area (Å²) in [6.45, 7) is 1.63. The zero-order chi connectivity index (χ0) is 16.4. The number of amides is 3. The lowest BCUT2D eigenvalue weighted by Crippen LogP contribution is -2.49. The molecule has 5 nitrogen and oxygen atoms in total. The first-order chi connectivity index (χ1) is 11.1. The van der Waals surface area contributed by atoms with Gasteiger partial charge in [0.2, 0.25) is 5.91 Å². The quantitative estimate of drug-likeness (QED) is 0.878. The summed E-state index contributed by atoms with van der Waals surface area (Å²) < 4.78 is 0. The summed E-state index contributed by atoms with van der Waals surface area (Å²) in [6.07, 6.45) is -0.493. The summed E-state index contributed by atoms with van der Waals surface area (Å²) in [6, 6.07) is 16.0. The zero-order valence-electron chi connectivity index (χ0n) is 12.7. The number of imide groups is 1. The van der Waals surface area contributed by atoms with E-state index in [0.29, 0.717) is 11.1 Å². The maximum absolute atomic E-state index is 12.3. The van der Waals surface area contributed by atoms with E-state index in [-0.39, 0.29) is 24.1 Å². The van der Waals surface area contributed by atoms with Crippen LogP contribution in [0.5, 0.6) is 0 Å². The highest BCUT2D eigenvalue weighted by atomic mass is 16.2. The van der Waals surface area contributed by atoms with E-state index >= 15 is 0 Å². The Labute approximate surface area is 133 Å². The summed E-state index contributed by atoms with van der Waals surface area (Å²) in [7, 11) is 0. The topological polar surface area (TPSA) is 66.5 Å². The average molecular weight is 308 g/mol. The van der Waals surface area contributed by atoms with E-state index in [1.165, 1.54) is 0 Å². The van der Waals surface area contributed by atoms with Gasteiger partial charge in [-0.05, 0) is 24.6 Å². The largest absolute Gasteiger partial charge is 0.335 e. The maximum atomic E-state index is 12.3. The van der Waals surface area contributed by atoms with E-state index in [2.05, 4.69) is 5.32 Å². The number of fused-ring (bicyclic) bond motifs is 1. The lowest BCUT2D eigenvalue weighted by Gasteiger charge is -2.23. The average Bonchev–Trinajstić information content (AvgIpc) is 2.80. The number of carbonyl (C=O) groups is 3. The predicted molar refractivity (Wildman–Crippen MR) is 84.7 cm³/mol. The molecule has 0 aromatic heterocycles. The fraction of sp³-hybridized carbons (Fsp3) is 0.167. The molecule has 0 spiro atoms. The van der Waals surface area contributed by atoms with Gasteiger partial charge in [-0.1, -0.05) is 42.5 Å². The van der Waals surface area contributed by atoms with Crippen LogP contribution < -0.4 is 5.32 Å². The summed E-state index contributed by atoms with van der Waals surface area (Å²) in [4.78, 5) is 37.9. The van der Waals surface area contributed by atoms with Crippen LogP contribution in [0.3, 0.4) is 0 Å². The molecule has 3 rings (SSSR count). The summed E-state index contributed by atoms with van der Waals surface area (Å²) in [5.74, 6) is -0.989. The molecule has 2 aromatic rings. The van der Waals surface area contributed by atoms with E-state index in [1.807, 2.05) is 30.3 Å². The van der Waals surface area contributed by atoms with Crippen LogP contribution in [-0.2, 0) is 11.2 Å². The minimum atomic E-state index is -0.696. The molecule has 1 aliphatic heterocycles. The number of rotatable bonds is 4. The van der Waals surface area contributed by atoms with E-state index in [0.717, 1.165) is 10.5 Å². The number of hydrogen-bond donors (Lipinski definition) is 1. The van der Waals surface area contributed by atoms with Gasteiger partial charge < -0.3 is 5.32 Å². The molecule has 3 amide bonds. The molecule has 1 N–H and O–H groups in total. The first-order valence-corrected chi connectivity index (χ1v) is 7.38. The lowest BCUT2D eigenvalue weighted by atomic mass is 10.1. The van der Waals surface area contributed by atoms with Crippen molar-refractivity contribution in [1.82, 2.24) is 10.2 Å². The number of benzene rings is 2. The second kappa shape index (κ2) is 6.04. The van der Waals surface area contributed by atoms with Crippen molar-refractivity contribution >= 4 is 17.7 Å². The zero-order valence-corrected chi connectivity index (χ0v) is 12.7. The highest BCUT2D eigenvalue weighted by Gasteiger charge is 2.38. The summed E-state index contributed by atoms with van der Waals surface area (Å²) in [5.41, 5.74) is 1.63. The predicted octanol–water partition coefficient (Wildman–Crippen LogP) is 1.99. The summed E-state index contributed by atoms with van der Waals surface area (Å²) >= 11 is 0. The van der Waals surface area contributed by atoms with Crippen LogP contribution >= 0.6 is 0 Å². The Morgan fingerprint density at radius 1 is 0.957 bits per heavy atom. The first-order valence-electron chi connectivity index (χ1n) is 7.38. The standard InChI is InChI=1S/C18H16N2O3/c1-12(19-16(21)11-13-7-3-2-4-8-13)20-17(22)14-9-5-6-10-15(14)18(20)23/h2-10,12H,11H2,1H3,(H,19,21). The molecule has 23 heavy (non-hydrogen) atoms. The smallest absolute Gasteiger partial charge is 0.263 e. The van der Waals surface area contributed by atoms with Crippen LogP contribution in [-0.4, -0.2) is 28.8 Å². The molecular weight excluding hydrogens is 292 g/mol. The third-order valence-electron chi connectivity index (χ3n) is 3.79. The normalized spacial score (nSPS) is 14.6. The molecule has 0 radical (unpaired) electrons. The number of hydrogen-bond acceptors (Lipinski definition) is 3. The van der Waals surface area contributed by atoms with Crippen molar-refractivity contribution in [2.24, 2.45) is 0 Å². The number of nitrogens with one attached hydrogen (secondary N) is 1. The van der Waals surface area contributed by atoms with Crippen LogP contribution in [0, 0.1) is 0 Å². The van der Waals surface area contributed by atoms with E-state index < -0.39 is 6.17 Å². The van der Waals surface area contributed by atoms with Gasteiger partial charge >= 0.3 is 0 Å². The van der Waals surface area contributed by atoms with Crippen LogP contribution in [0.1, 0.15) is 33.2 Å². The third kappa shape index (κ3) is 2.85. The minimum absolute atomic E-state index is 0.203. The lowest BCUT2D eigenvalue weighted by molar-refractivity contribution is -0.121. The SMILES string of the molecule is CC(NC(=O)Cc1ccccc1)N1C(=O)c2ccccc2C1=O. The Morgan fingerprint density at radius 3 is 2.04 bits per heavy atom. The molecule has 1 atom stereocenters. The van der Waals surface area contributed by atoms with Gasteiger partial charge in [0.15, 0.2) is 0 Å². The van der Waals surface area contributed by atoms with Crippen molar-refractivity contribution in [2.75, 3.05) is 0 Å². The third-order valence-corrected chi connectivity index (χ3v) is 3.79. The van der Waals surface area contributed by atoms with Gasteiger partial charge in [0.05, 0.1) is 17.5 Å². The fourth-order valence-electron chi connectivity index (χ4n) is 2.69. The van der Waals surface area contributed by atoms with Gasteiger partial charge in [0.25, 0.3) is 11.8 Å². The van der Waals surface area contributed by atoms with Gasteiger partial charge in [-0.2, -0.15) is 0 Å². The Bertz CT molecular complexity index is 736. The van der Waals surface area contributed by atoms with Gasteiger partial charge in [0.1, 0.15) is 6.17 Å². The molecule has 0 fully saturated rings. The van der Waals surface area contributed by atoms with E-state index in [1.54, 1.807) is 31.2 Å². The second-order valence-corrected chi connectivity index (χ2v) is 5.43. The molecule has 0 saturated carbocycles. The molecule has 116 valence electrons. The molecule has 1 heterocycles. The van der Waals surface area contributed by atoms with E-state index in [4.69, 9.17) is 0 Å². The van der Waals surface area contributed by atoms with Crippen molar-refractivity contribution < 1.29 is 14.4 Å². The van der Waals surface area contributed by atoms with Crippen molar-refractivity contribution in [1.29, 1.82) is 0 Å². The van der Waals surface area contributed by atoms with Crippen molar-refractivity contribution in [3.63, 3.8) is 0 Å². The van der Waals surface area contributed by atoms with Crippen LogP contribution in [0.2, 0.25) is 0 Å². The van der Waals surface area contributed by atoms with Gasteiger partial charge in [-0.3, -0.25) is 19.3 Å². The Kier molecular flexibility index (Phi) is 3.93. The maximum Gasteiger partial charge on any atom is 0.263 e. The number of carbonyl (C=O) groups excluding carboxylic acids is 3. The molecular formula is C18H16N2O3. The molecule has 0 saturated heterocycles. The van der Waals surface area contributed by atoms with Gasteiger partial charge in [-0.15, -0.1) is 0 Å². The highest BCUT2D eigenvalue weighted by Crippen LogP contribution is 2.23. The Hall–Kier alpha value is -2.95. The summed E-state index contributed by atoms with van der Waals surface area (Å²) in [5, 5.41) is 2.71. The van der Waals surface area contributed by atoms with Crippen molar-refractivity contribution in [2.45, 2.75) is 19.5 Å². The molecule has 1 unspecified atom stereocenters. The van der Waals surface area contributed by atoms with E-state index in [9.17, 15) is 14.4 Å². The van der Waals surface area contributed by atoms with Gasteiger partial charge in [-0.25, -0.2) is 0 Å². The monoisotopic (exact) mass is 308 g/mol. The highest BCUT2D eigenvalue weighted by molar-refractivity contribution is 6.21. The van der Waals surface area contributed by atoms with Crippen LogP contribution in [0.4, 0.5) is 0 Å². The van der Waals surface area contributed by atoms with Crippen LogP contribution in [0.15, 0.2) is 54.6 Å². The molecule has 0 aliphatic carbocycles. The molecule has 5 heteroatoms. The fourth-order valence-corrected chi connectivity index (χ4v) is 2.69. The van der Waals surface area contributed by atoms with Crippen LogP contribution in [0.25, 0.3) is 0 Å². The second-order valence-electron chi connectivity index (χ2n) is 5.43. The minimum Gasteiger partial charge on any atom is -0.335 e. The molecule has 0 bridgehead atoms. The number of nitrogens with zero attached hydrogens (tertiary/aromatic N) is 1.